The van der Waals surface area contributed by atoms with Gasteiger partial charge in [-0.05, 0) is 73.5 Å². The zero-order valence-electron chi connectivity index (χ0n) is 17.4. The Bertz CT molecular complexity index is 1190. The fourth-order valence-corrected chi connectivity index (χ4v) is 2.82. The fourth-order valence-electron chi connectivity index (χ4n) is 2.63. The van der Waals surface area contributed by atoms with Crippen LogP contribution in [0.25, 0.3) is 0 Å². The quantitative estimate of drug-likeness (QED) is 0.200. The van der Waals surface area contributed by atoms with Crippen LogP contribution in [0.15, 0.2) is 71.8 Å². The van der Waals surface area contributed by atoms with Crippen molar-refractivity contribution in [3.63, 3.8) is 0 Å². The molecule has 0 aromatic heterocycles. The lowest BCUT2D eigenvalue weighted by Gasteiger charge is -2.06. The molecule has 2 amide bonds. The molecule has 0 unspecified atom stereocenters. The van der Waals surface area contributed by atoms with Crippen molar-refractivity contribution in [2.24, 2.45) is 5.10 Å². The van der Waals surface area contributed by atoms with E-state index in [0.29, 0.717) is 27.6 Å². The Hall–Kier alpha value is -3.97. The Morgan fingerprint density at radius 2 is 1.69 bits per heavy atom. The number of hydrazone groups is 1. The minimum atomic E-state index is -0.929. The van der Waals surface area contributed by atoms with Crippen LogP contribution in [-0.4, -0.2) is 24.0 Å². The predicted octanol–water partition coefficient (Wildman–Crippen LogP) is 4.26. The lowest BCUT2D eigenvalue weighted by atomic mass is 10.1. The van der Waals surface area contributed by atoms with E-state index in [9.17, 15) is 14.4 Å². The molecule has 3 aromatic rings. The summed E-state index contributed by atoms with van der Waals surface area (Å²) in [6, 6.07) is 18.6. The maximum atomic E-state index is 12.2. The highest BCUT2D eigenvalue weighted by Crippen LogP contribution is 2.19. The highest BCUT2D eigenvalue weighted by Gasteiger charge is 2.13. The van der Waals surface area contributed by atoms with Crippen molar-refractivity contribution in [3.05, 3.63) is 94.0 Å². The van der Waals surface area contributed by atoms with Crippen LogP contribution in [0.2, 0.25) is 5.02 Å². The van der Waals surface area contributed by atoms with Crippen LogP contribution >= 0.6 is 11.6 Å². The van der Waals surface area contributed by atoms with E-state index in [1.54, 1.807) is 60.7 Å². The molecule has 7 nitrogen and oxygen atoms in total. The van der Waals surface area contributed by atoms with Crippen LogP contribution in [0.4, 0.5) is 5.69 Å². The maximum Gasteiger partial charge on any atom is 0.343 e. The number of aryl methyl sites for hydroxylation is 2. The first-order valence-corrected chi connectivity index (χ1v) is 9.99. The average molecular weight is 450 g/mol. The maximum absolute atomic E-state index is 12.2. The third kappa shape index (κ3) is 6.26. The molecule has 0 bridgehead atoms. The molecule has 0 aliphatic heterocycles. The van der Waals surface area contributed by atoms with Gasteiger partial charge in [0.05, 0.1) is 11.8 Å². The van der Waals surface area contributed by atoms with Gasteiger partial charge in [-0.2, -0.15) is 5.10 Å². The summed E-state index contributed by atoms with van der Waals surface area (Å²) in [5.74, 6) is -1.89. The van der Waals surface area contributed by atoms with E-state index >= 15 is 0 Å². The van der Waals surface area contributed by atoms with Crippen LogP contribution in [0.3, 0.4) is 0 Å². The van der Waals surface area contributed by atoms with Crippen molar-refractivity contribution >= 4 is 41.3 Å². The van der Waals surface area contributed by atoms with E-state index < -0.39 is 17.8 Å². The number of halogens is 1. The molecule has 0 atom stereocenters. The summed E-state index contributed by atoms with van der Waals surface area (Å²) in [6.45, 7) is 3.72. The van der Waals surface area contributed by atoms with Gasteiger partial charge < -0.3 is 10.1 Å². The molecule has 2 N–H and O–H groups in total. The summed E-state index contributed by atoms with van der Waals surface area (Å²) >= 11 is 6.00. The van der Waals surface area contributed by atoms with Crippen molar-refractivity contribution in [1.29, 1.82) is 0 Å². The summed E-state index contributed by atoms with van der Waals surface area (Å²) in [4.78, 5) is 36.0. The number of esters is 1. The lowest BCUT2D eigenvalue weighted by molar-refractivity contribution is -0.136. The molecule has 32 heavy (non-hydrogen) atoms. The monoisotopic (exact) mass is 449 g/mol. The van der Waals surface area contributed by atoms with Crippen molar-refractivity contribution in [3.8, 4) is 5.75 Å². The first-order chi connectivity index (χ1) is 15.3. The predicted molar refractivity (Wildman–Crippen MR) is 123 cm³/mol. The minimum Gasteiger partial charge on any atom is -0.423 e. The fraction of sp³-hybridized carbons (Fsp3) is 0.0833. The summed E-state index contributed by atoms with van der Waals surface area (Å²) in [6.07, 6.45) is 1.36. The van der Waals surface area contributed by atoms with E-state index in [4.69, 9.17) is 16.3 Å². The Balaban J connectivity index is 1.51. The first kappa shape index (κ1) is 22.7. The third-order valence-electron chi connectivity index (χ3n) is 4.36. The molecule has 0 saturated carbocycles. The van der Waals surface area contributed by atoms with Gasteiger partial charge in [0.25, 0.3) is 0 Å². The second-order valence-corrected chi connectivity index (χ2v) is 7.35. The van der Waals surface area contributed by atoms with Gasteiger partial charge in [0, 0.05) is 10.7 Å². The Kier molecular flexibility index (Phi) is 7.36. The van der Waals surface area contributed by atoms with Gasteiger partial charge in [0.1, 0.15) is 5.75 Å². The average Bonchev–Trinajstić information content (AvgIpc) is 2.77. The van der Waals surface area contributed by atoms with Gasteiger partial charge in [-0.1, -0.05) is 35.4 Å². The highest BCUT2D eigenvalue weighted by molar-refractivity contribution is 6.39. The molecule has 0 radical (unpaired) electrons. The second kappa shape index (κ2) is 10.4. The van der Waals surface area contributed by atoms with E-state index in [1.807, 2.05) is 19.9 Å². The van der Waals surface area contributed by atoms with Crippen LogP contribution in [0, 0.1) is 13.8 Å². The topological polar surface area (TPSA) is 96.9 Å². The van der Waals surface area contributed by atoms with E-state index in [1.165, 1.54) is 6.21 Å². The van der Waals surface area contributed by atoms with Gasteiger partial charge in [-0.25, -0.2) is 10.2 Å². The Labute approximate surface area is 190 Å². The number of hydrogen-bond acceptors (Lipinski definition) is 5. The van der Waals surface area contributed by atoms with Crippen LogP contribution in [0.1, 0.15) is 27.0 Å². The summed E-state index contributed by atoms with van der Waals surface area (Å²) < 4.78 is 5.34. The summed E-state index contributed by atoms with van der Waals surface area (Å²) in [5, 5.41) is 6.69. The van der Waals surface area contributed by atoms with Gasteiger partial charge >= 0.3 is 17.8 Å². The molecule has 0 fully saturated rings. The molecule has 0 aliphatic rings. The number of ether oxygens (including phenoxy) is 1. The van der Waals surface area contributed by atoms with Gasteiger partial charge in [0.2, 0.25) is 0 Å². The second-order valence-electron chi connectivity index (χ2n) is 6.95. The molecule has 0 spiro atoms. The molecule has 8 heteroatoms. The number of carbonyl (C=O) groups is 3. The Morgan fingerprint density at radius 3 is 2.38 bits per heavy atom. The molecule has 0 heterocycles. The largest absolute Gasteiger partial charge is 0.423 e. The van der Waals surface area contributed by atoms with Gasteiger partial charge in [0.15, 0.2) is 0 Å². The number of carbonyl (C=O) groups excluding carboxylic acids is 3. The molecule has 0 saturated heterocycles. The summed E-state index contributed by atoms with van der Waals surface area (Å²) in [5.41, 5.74) is 5.47. The number of amides is 2. The standard InChI is InChI=1S/C24H20ClN3O4/c1-15-4-3-5-18(12-15)24(31)32-20-10-7-17(8-11-20)14-26-28-23(30)22(29)27-19-9-6-16(2)21(25)13-19/h3-14H,1-2H3,(H,27,29)(H,28,30)/b26-14-. The van der Waals surface area contributed by atoms with Crippen molar-refractivity contribution in [1.82, 2.24) is 5.43 Å². The third-order valence-corrected chi connectivity index (χ3v) is 4.77. The zero-order chi connectivity index (χ0) is 23.1. The number of nitrogens with zero attached hydrogens (tertiary/aromatic N) is 1. The smallest absolute Gasteiger partial charge is 0.343 e. The normalized spacial score (nSPS) is 10.6. The zero-order valence-corrected chi connectivity index (χ0v) is 18.1. The lowest BCUT2D eigenvalue weighted by Crippen LogP contribution is -2.32. The van der Waals surface area contributed by atoms with Crippen LogP contribution in [-0.2, 0) is 9.59 Å². The molecular formula is C24H20ClN3O4. The summed E-state index contributed by atoms with van der Waals surface area (Å²) in [7, 11) is 0. The molecule has 3 aromatic carbocycles. The highest BCUT2D eigenvalue weighted by atomic mass is 35.5. The van der Waals surface area contributed by atoms with Crippen LogP contribution in [0.5, 0.6) is 5.75 Å². The van der Waals surface area contributed by atoms with Crippen molar-refractivity contribution < 1.29 is 19.1 Å². The van der Waals surface area contributed by atoms with E-state index in [-0.39, 0.29) is 0 Å². The number of nitrogens with one attached hydrogen (secondary N) is 2. The van der Waals surface area contributed by atoms with Gasteiger partial charge in [-0.3, -0.25) is 9.59 Å². The molecule has 162 valence electrons. The number of rotatable bonds is 5. The molecule has 0 aliphatic carbocycles. The molecular weight excluding hydrogens is 430 g/mol. The molecule has 3 rings (SSSR count). The number of benzene rings is 3. The number of anilines is 1. The first-order valence-electron chi connectivity index (χ1n) is 9.61. The minimum absolute atomic E-state index is 0.369. The SMILES string of the molecule is Cc1cccc(C(=O)Oc2ccc(/C=N\NC(=O)C(=O)Nc3ccc(C)c(Cl)c3)cc2)c1. The van der Waals surface area contributed by atoms with Crippen molar-refractivity contribution in [2.45, 2.75) is 13.8 Å². The Morgan fingerprint density at radius 1 is 0.938 bits per heavy atom. The van der Waals surface area contributed by atoms with Crippen molar-refractivity contribution in [2.75, 3.05) is 5.32 Å². The van der Waals surface area contributed by atoms with Gasteiger partial charge in [-0.15, -0.1) is 0 Å². The van der Waals surface area contributed by atoms with Crippen LogP contribution < -0.4 is 15.5 Å². The van der Waals surface area contributed by atoms with E-state index in [2.05, 4.69) is 15.8 Å². The number of hydrogen-bond donors (Lipinski definition) is 2. The van der Waals surface area contributed by atoms with E-state index in [0.717, 1.165) is 11.1 Å².